The molecule has 98 valence electrons. The first-order chi connectivity index (χ1) is 9.06. The number of anilines is 1. The molecular weight excluding hydrogens is 264 g/mol. The maximum absolute atomic E-state index is 10.8. The van der Waals surface area contributed by atoms with E-state index >= 15 is 0 Å². The number of hydrogen-bond donors (Lipinski definition) is 2. The molecule has 4 nitrogen and oxygen atoms in total. The quantitative estimate of drug-likeness (QED) is 0.899. The zero-order valence-corrected chi connectivity index (χ0v) is 11.1. The summed E-state index contributed by atoms with van der Waals surface area (Å²) in [6.45, 7) is 2.44. The van der Waals surface area contributed by atoms with Gasteiger partial charge in [0.25, 0.3) is 0 Å². The average Bonchev–Trinajstić information content (AvgIpc) is 2.39. The number of nitrogens with zero attached hydrogens (tertiary/aromatic N) is 1. The number of nitrogens with one attached hydrogen (secondary N) is 1. The van der Waals surface area contributed by atoms with E-state index in [1.807, 2.05) is 19.1 Å². The second kappa shape index (κ2) is 5.71. The van der Waals surface area contributed by atoms with Crippen molar-refractivity contribution >= 4 is 23.3 Å². The predicted octanol–water partition coefficient (Wildman–Crippen LogP) is 3.35. The molecule has 0 atom stereocenters. The number of halogens is 1. The first kappa shape index (κ1) is 13.4. The highest BCUT2D eigenvalue weighted by atomic mass is 35.5. The van der Waals surface area contributed by atoms with E-state index in [0.717, 1.165) is 16.9 Å². The van der Waals surface area contributed by atoms with Crippen LogP contribution in [0.25, 0.3) is 0 Å². The molecule has 0 amide bonds. The van der Waals surface area contributed by atoms with E-state index in [4.69, 9.17) is 16.7 Å². The number of aryl methyl sites for hydroxylation is 1. The van der Waals surface area contributed by atoms with Gasteiger partial charge in [-0.25, -0.2) is 4.79 Å². The third kappa shape index (κ3) is 3.45. The molecule has 5 heteroatoms. The molecule has 0 unspecified atom stereocenters. The smallest absolute Gasteiger partial charge is 0.335 e. The minimum absolute atomic E-state index is 0.186. The highest BCUT2D eigenvalue weighted by molar-refractivity contribution is 6.31. The van der Waals surface area contributed by atoms with Crippen LogP contribution in [0, 0.1) is 6.92 Å². The lowest BCUT2D eigenvalue weighted by Crippen LogP contribution is -2.02. The van der Waals surface area contributed by atoms with Gasteiger partial charge in [0.15, 0.2) is 0 Å². The molecule has 1 heterocycles. The topological polar surface area (TPSA) is 62.2 Å². The normalized spacial score (nSPS) is 10.2. The van der Waals surface area contributed by atoms with Crippen LogP contribution in [0.15, 0.2) is 36.5 Å². The number of pyridine rings is 1. The van der Waals surface area contributed by atoms with E-state index in [9.17, 15) is 4.79 Å². The summed E-state index contributed by atoms with van der Waals surface area (Å²) in [6, 6.07) is 8.55. The number of aromatic nitrogens is 1. The molecule has 0 aliphatic heterocycles. The van der Waals surface area contributed by atoms with Gasteiger partial charge < -0.3 is 10.4 Å². The Morgan fingerprint density at radius 3 is 2.74 bits per heavy atom. The van der Waals surface area contributed by atoms with Crippen LogP contribution in [0.1, 0.15) is 21.6 Å². The van der Waals surface area contributed by atoms with Gasteiger partial charge in [0, 0.05) is 17.3 Å². The largest absolute Gasteiger partial charge is 0.478 e. The Labute approximate surface area is 116 Å². The van der Waals surface area contributed by atoms with Crippen LogP contribution < -0.4 is 5.32 Å². The van der Waals surface area contributed by atoms with Crippen LogP contribution in [0.3, 0.4) is 0 Å². The third-order valence-electron chi connectivity index (χ3n) is 2.69. The Kier molecular flexibility index (Phi) is 4.02. The van der Waals surface area contributed by atoms with E-state index < -0.39 is 5.97 Å². The molecule has 0 aliphatic carbocycles. The summed E-state index contributed by atoms with van der Waals surface area (Å²) in [7, 11) is 0. The van der Waals surface area contributed by atoms with Crippen LogP contribution in [0.4, 0.5) is 5.69 Å². The number of rotatable bonds is 4. The van der Waals surface area contributed by atoms with Gasteiger partial charge in [-0.2, -0.15) is 0 Å². The van der Waals surface area contributed by atoms with Gasteiger partial charge in [0.2, 0.25) is 0 Å². The summed E-state index contributed by atoms with van der Waals surface area (Å²) < 4.78 is 0. The summed E-state index contributed by atoms with van der Waals surface area (Å²) >= 11 is 6.05. The number of carboxylic acids is 1. The molecule has 0 saturated carbocycles. The van der Waals surface area contributed by atoms with Crippen molar-refractivity contribution in [2.75, 3.05) is 5.32 Å². The van der Waals surface area contributed by atoms with Gasteiger partial charge in [-0.15, -0.1) is 0 Å². The van der Waals surface area contributed by atoms with Crippen molar-refractivity contribution in [2.45, 2.75) is 13.5 Å². The van der Waals surface area contributed by atoms with Gasteiger partial charge in [0.05, 0.1) is 17.4 Å². The average molecular weight is 277 g/mol. The zero-order valence-electron chi connectivity index (χ0n) is 10.4. The van der Waals surface area contributed by atoms with Crippen molar-refractivity contribution in [1.29, 1.82) is 0 Å². The van der Waals surface area contributed by atoms with Crippen molar-refractivity contribution in [3.8, 4) is 0 Å². The first-order valence-electron chi connectivity index (χ1n) is 5.74. The summed E-state index contributed by atoms with van der Waals surface area (Å²) in [5.74, 6) is -0.982. The number of carbonyl (C=O) groups is 1. The Balaban J connectivity index is 2.07. The van der Waals surface area contributed by atoms with E-state index in [2.05, 4.69) is 10.3 Å². The molecule has 0 saturated heterocycles. The van der Waals surface area contributed by atoms with Crippen LogP contribution in [0.5, 0.6) is 0 Å². The summed E-state index contributed by atoms with van der Waals surface area (Å²) in [5.41, 5.74) is 2.87. The fourth-order valence-corrected chi connectivity index (χ4v) is 1.84. The molecule has 0 fully saturated rings. The van der Waals surface area contributed by atoms with Gasteiger partial charge in [-0.05, 0) is 36.8 Å². The van der Waals surface area contributed by atoms with Crippen LogP contribution >= 0.6 is 11.6 Å². The zero-order chi connectivity index (χ0) is 13.8. The van der Waals surface area contributed by atoms with Crippen LogP contribution in [0.2, 0.25) is 5.02 Å². The van der Waals surface area contributed by atoms with E-state index in [1.165, 1.54) is 6.07 Å². The summed E-state index contributed by atoms with van der Waals surface area (Å²) in [5, 5.41) is 12.5. The van der Waals surface area contributed by atoms with Crippen LogP contribution in [-0.4, -0.2) is 16.1 Å². The lowest BCUT2D eigenvalue weighted by molar-refractivity contribution is 0.0697. The molecule has 0 spiro atoms. The second-order valence-electron chi connectivity index (χ2n) is 4.15. The second-order valence-corrected chi connectivity index (χ2v) is 4.56. The number of aromatic carboxylic acids is 1. The molecule has 0 radical (unpaired) electrons. The highest BCUT2D eigenvalue weighted by Gasteiger charge is 2.06. The first-order valence-corrected chi connectivity index (χ1v) is 6.12. The SMILES string of the molecule is Cc1ccc(NCc2ccc(C(=O)O)cc2Cl)cn1. The van der Waals surface area contributed by atoms with E-state index in [1.54, 1.807) is 18.3 Å². The number of carboxylic acid groups (broad SMARTS) is 1. The van der Waals surface area contributed by atoms with E-state index in [0.29, 0.717) is 11.6 Å². The van der Waals surface area contributed by atoms with Crippen molar-refractivity contribution in [3.63, 3.8) is 0 Å². The van der Waals surface area contributed by atoms with Crippen molar-refractivity contribution < 1.29 is 9.90 Å². The monoisotopic (exact) mass is 276 g/mol. The fourth-order valence-electron chi connectivity index (χ4n) is 1.59. The minimum Gasteiger partial charge on any atom is -0.478 e. The van der Waals surface area contributed by atoms with E-state index in [-0.39, 0.29) is 5.56 Å². The summed E-state index contributed by atoms with van der Waals surface area (Å²) in [4.78, 5) is 15.0. The summed E-state index contributed by atoms with van der Waals surface area (Å²) in [6.07, 6.45) is 1.74. The van der Waals surface area contributed by atoms with Crippen LogP contribution in [-0.2, 0) is 6.54 Å². The Morgan fingerprint density at radius 2 is 2.16 bits per heavy atom. The molecule has 1 aromatic carbocycles. The molecule has 2 N–H and O–H groups in total. The third-order valence-corrected chi connectivity index (χ3v) is 3.05. The molecule has 2 rings (SSSR count). The molecule has 2 aromatic rings. The maximum Gasteiger partial charge on any atom is 0.335 e. The van der Waals surface area contributed by atoms with Gasteiger partial charge in [-0.3, -0.25) is 4.98 Å². The lowest BCUT2D eigenvalue weighted by Gasteiger charge is -2.08. The fraction of sp³-hybridized carbons (Fsp3) is 0.143. The van der Waals surface area contributed by atoms with Gasteiger partial charge in [0.1, 0.15) is 0 Å². The van der Waals surface area contributed by atoms with Crippen molar-refractivity contribution in [2.24, 2.45) is 0 Å². The molecule has 0 aliphatic rings. The predicted molar refractivity (Wildman–Crippen MR) is 74.7 cm³/mol. The number of hydrogen-bond acceptors (Lipinski definition) is 3. The molecular formula is C14H13ClN2O2. The molecule has 19 heavy (non-hydrogen) atoms. The standard InChI is InChI=1S/C14H13ClN2O2/c1-9-2-5-12(8-16-9)17-7-11-4-3-10(14(18)19)6-13(11)15/h2-6,8,17H,7H2,1H3,(H,18,19). The molecule has 0 bridgehead atoms. The minimum atomic E-state index is -0.982. The van der Waals surface area contributed by atoms with Crippen molar-refractivity contribution in [3.05, 3.63) is 58.4 Å². The molecule has 1 aromatic heterocycles. The van der Waals surface area contributed by atoms with Gasteiger partial charge >= 0.3 is 5.97 Å². The Morgan fingerprint density at radius 1 is 1.37 bits per heavy atom. The highest BCUT2D eigenvalue weighted by Crippen LogP contribution is 2.19. The van der Waals surface area contributed by atoms with Crippen molar-refractivity contribution in [1.82, 2.24) is 4.98 Å². The van der Waals surface area contributed by atoms with Gasteiger partial charge in [-0.1, -0.05) is 17.7 Å². The lowest BCUT2D eigenvalue weighted by atomic mass is 10.1. The number of benzene rings is 1. The maximum atomic E-state index is 10.8. The Bertz CT molecular complexity index is 597. The Hall–Kier alpha value is -2.07.